The number of nitrogens with zero attached hydrogens (tertiary/aromatic N) is 1. The van der Waals surface area contributed by atoms with Gasteiger partial charge in [0.15, 0.2) is 0 Å². The maximum absolute atomic E-state index is 13.1. The van der Waals surface area contributed by atoms with E-state index in [4.69, 9.17) is 16.3 Å². The number of rotatable bonds is 6. The van der Waals surface area contributed by atoms with Crippen LogP contribution in [0.4, 0.5) is 18.9 Å². The molecular weight excluding hydrogens is 405 g/mol. The number of aromatic nitrogens is 1. The van der Waals surface area contributed by atoms with E-state index < -0.39 is 29.3 Å². The summed E-state index contributed by atoms with van der Waals surface area (Å²) in [7, 11) is 0. The van der Waals surface area contributed by atoms with Crippen LogP contribution in [0.15, 0.2) is 41.6 Å². The molecule has 0 radical (unpaired) electrons. The van der Waals surface area contributed by atoms with E-state index in [1.54, 1.807) is 13.0 Å². The number of halogens is 4. The van der Waals surface area contributed by atoms with Gasteiger partial charge in [0.05, 0.1) is 29.2 Å². The molecule has 0 saturated heterocycles. The average Bonchev–Trinajstić information content (AvgIpc) is 2.61. The Bertz CT molecular complexity index is 846. The summed E-state index contributed by atoms with van der Waals surface area (Å²) in [5.74, 6) is -1.53. The van der Waals surface area contributed by atoms with Crippen molar-refractivity contribution in [1.29, 1.82) is 0 Å². The number of benzene rings is 1. The van der Waals surface area contributed by atoms with Gasteiger partial charge in [0, 0.05) is 11.2 Å². The number of ether oxygens (including phenoxy) is 1. The molecule has 2 aromatic rings. The first-order chi connectivity index (χ1) is 12.7. The Labute approximate surface area is 162 Å². The number of amides is 1. The third kappa shape index (κ3) is 5.86. The number of carbonyl (C=O) groups excluding carboxylic acids is 2. The Morgan fingerprint density at radius 1 is 1.30 bits per heavy atom. The summed E-state index contributed by atoms with van der Waals surface area (Å²) in [4.78, 5) is 28.0. The van der Waals surface area contributed by atoms with E-state index in [1.165, 1.54) is 18.3 Å². The Balaban J connectivity index is 2.10. The number of pyridine rings is 1. The predicted molar refractivity (Wildman–Crippen MR) is 96.0 cm³/mol. The first-order valence-electron chi connectivity index (χ1n) is 7.64. The lowest BCUT2D eigenvalue weighted by Gasteiger charge is -2.14. The molecule has 1 amide bonds. The second kappa shape index (κ2) is 9.09. The van der Waals surface area contributed by atoms with E-state index in [2.05, 4.69) is 10.3 Å². The van der Waals surface area contributed by atoms with Crippen LogP contribution < -0.4 is 5.32 Å². The van der Waals surface area contributed by atoms with Crippen LogP contribution in [-0.2, 0) is 15.7 Å². The number of hydrogen-bond donors (Lipinski definition) is 1. The van der Waals surface area contributed by atoms with E-state index in [9.17, 15) is 22.8 Å². The van der Waals surface area contributed by atoms with Crippen LogP contribution in [0.2, 0.25) is 5.02 Å². The second-order valence-corrected chi connectivity index (χ2v) is 6.50. The molecule has 0 atom stereocenters. The van der Waals surface area contributed by atoms with Gasteiger partial charge in [-0.3, -0.25) is 4.79 Å². The normalized spacial score (nSPS) is 11.1. The fourth-order valence-electron chi connectivity index (χ4n) is 2.05. The van der Waals surface area contributed by atoms with Gasteiger partial charge < -0.3 is 10.1 Å². The molecule has 27 heavy (non-hydrogen) atoms. The first-order valence-corrected chi connectivity index (χ1v) is 9.00. The Morgan fingerprint density at radius 2 is 2.04 bits per heavy atom. The standard InChI is InChI=1S/C17H14ClF3N2O3S/c1-2-26-16(25)11-4-3-7-22-15(11)27-9-14(24)23-13-6-5-10(18)8-12(13)17(19,20)21/h3-8H,2,9H2,1H3,(H,23,24). The molecule has 10 heteroatoms. The van der Waals surface area contributed by atoms with Gasteiger partial charge in [-0.15, -0.1) is 0 Å². The van der Waals surface area contributed by atoms with E-state index in [-0.39, 0.29) is 28.0 Å². The monoisotopic (exact) mass is 418 g/mol. The Hall–Kier alpha value is -2.26. The topological polar surface area (TPSA) is 68.3 Å². The quantitative estimate of drug-likeness (QED) is 0.545. The highest BCUT2D eigenvalue weighted by Gasteiger charge is 2.34. The summed E-state index contributed by atoms with van der Waals surface area (Å²) in [5.41, 5.74) is -1.26. The molecule has 0 saturated carbocycles. The predicted octanol–water partition coefficient (Wildman–Crippen LogP) is 4.66. The molecule has 1 aromatic heterocycles. The third-order valence-corrected chi connectivity index (χ3v) is 4.41. The van der Waals surface area contributed by atoms with Crippen molar-refractivity contribution in [2.45, 2.75) is 18.1 Å². The van der Waals surface area contributed by atoms with Crippen LogP contribution in [0.5, 0.6) is 0 Å². The summed E-state index contributed by atoms with van der Waals surface area (Å²) in [6.45, 7) is 1.83. The lowest BCUT2D eigenvalue weighted by molar-refractivity contribution is -0.137. The molecule has 0 aliphatic rings. The molecule has 0 fully saturated rings. The molecular formula is C17H14ClF3N2O3S. The van der Waals surface area contributed by atoms with Crippen LogP contribution in [0.25, 0.3) is 0 Å². The molecule has 0 aliphatic carbocycles. The van der Waals surface area contributed by atoms with Gasteiger partial charge in [-0.25, -0.2) is 9.78 Å². The molecule has 1 N–H and O–H groups in total. The number of esters is 1. The van der Waals surface area contributed by atoms with Crippen LogP contribution in [0.3, 0.4) is 0 Å². The van der Waals surface area contributed by atoms with Crippen molar-refractivity contribution in [3.63, 3.8) is 0 Å². The van der Waals surface area contributed by atoms with Gasteiger partial charge in [0.2, 0.25) is 5.91 Å². The van der Waals surface area contributed by atoms with Crippen molar-refractivity contribution < 1.29 is 27.5 Å². The highest BCUT2D eigenvalue weighted by atomic mass is 35.5. The fourth-order valence-corrected chi connectivity index (χ4v) is 3.00. The first kappa shape index (κ1) is 21.0. The van der Waals surface area contributed by atoms with Gasteiger partial charge in [-0.05, 0) is 37.3 Å². The highest BCUT2D eigenvalue weighted by molar-refractivity contribution is 8.00. The Morgan fingerprint density at radius 3 is 2.70 bits per heavy atom. The van der Waals surface area contributed by atoms with Crippen molar-refractivity contribution in [3.05, 3.63) is 52.7 Å². The minimum Gasteiger partial charge on any atom is -0.462 e. The molecule has 1 heterocycles. The number of thioether (sulfide) groups is 1. The number of alkyl halides is 3. The van der Waals surface area contributed by atoms with Crippen molar-refractivity contribution in [2.75, 3.05) is 17.7 Å². The SMILES string of the molecule is CCOC(=O)c1cccnc1SCC(=O)Nc1ccc(Cl)cc1C(F)(F)F. The van der Waals surface area contributed by atoms with Gasteiger partial charge >= 0.3 is 12.1 Å². The van der Waals surface area contributed by atoms with Crippen LogP contribution in [0, 0.1) is 0 Å². The van der Waals surface area contributed by atoms with Crippen molar-refractivity contribution in [2.24, 2.45) is 0 Å². The summed E-state index contributed by atoms with van der Waals surface area (Å²) >= 11 is 6.52. The van der Waals surface area contributed by atoms with Gasteiger partial charge in [0.1, 0.15) is 5.03 Å². The van der Waals surface area contributed by atoms with Crippen LogP contribution in [-0.4, -0.2) is 29.2 Å². The minimum absolute atomic E-state index is 0.0951. The van der Waals surface area contributed by atoms with E-state index in [0.717, 1.165) is 23.9 Å². The van der Waals surface area contributed by atoms with E-state index >= 15 is 0 Å². The zero-order valence-electron chi connectivity index (χ0n) is 14.0. The number of carbonyl (C=O) groups is 2. The number of anilines is 1. The molecule has 0 aliphatic heterocycles. The maximum Gasteiger partial charge on any atom is 0.418 e. The average molecular weight is 419 g/mol. The van der Waals surface area contributed by atoms with Crippen LogP contribution >= 0.6 is 23.4 Å². The molecule has 0 spiro atoms. The van der Waals surface area contributed by atoms with Gasteiger partial charge in [-0.1, -0.05) is 23.4 Å². The zero-order valence-corrected chi connectivity index (χ0v) is 15.5. The van der Waals surface area contributed by atoms with Gasteiger partial charge in [0.25, 0.3) is 0 Å². The molecule has 144 valence electrons. The van der Waals surface area contributed by atoms with Crippen molar-refractivity contribution in [1.82, 2.24) is 4.98 Å². The third-order valence-electron chi connectivity index (χ3n) is 3.17. The van der Waals surface area contributed by atoms with Crippen LogP contribution in [0.1, 0.15) is 22.8 Å². The molecule has 5 nitrogen and oxygen atoms in total. The smallest absolute Gasteiger partial charge is 0.418 e. The molecule has 1 aromatic carbocycles. The van der Waals surface area contributed by atoms with Crippen molar-refractivity contribution >= 4 is 40.9 Å². The second-order valence-electron chi connectivity index (χ2n) is 5.10. The summed E-state index contributed by atoms with van der Waals surface area (Å²) in [6, 6.07) is 6.10. The van der Waals surface area contributed by atoms with E-state index in [1.807, 2.05) is 0 Å². The molecule has 2 rings (SSSR count). The van der Waals surface area contributed by atoms with E-state index in [0.29, 0.717) is 0 Å². The summed E-state index contributed by atoms with van der Waals surface area (Å²) in [6.07, 6.45) is -3.23. The lowest BCUT2D eigenvalue weighted by atomic mass is 10.1. The summed E-state index contributed by atoms with van der Waals surface area (Å²) < 4.78 is 44.1. The summed E-state index contributed by atoms with van der Waals surface area (Å²) in [5, 5.41) is 2.36. The van der Waals surface area contributed by atoms with Crippen molar-refractivity contribution in [3.8, 4) is 0 Å². The molecule has 0 unspecified atom stereocenters. The number of hydrogen-bond acceptors (Lipinski definition) is 5. The zero-order chi connectivity index (χ0) is 20.0. The molecule has 0 bridgehead atoms. The Kier molecular flexibility index (Phi) is 7.09. The fraction of sp³-hybridized carbons (Fsp3) is 0.235. The van der Waals surface area contributed by atoms with Gasteiger partial charge in [-0.2, -0.15) is 13.2 Å². The highest BCUT2D eigenvalue weighted by Crippen LogP contribution is 2.36. The minimum atomic E-state index is -4.67. The largest absolute Gasteiger partial charge is 0.462 e. The maximum atomic E-state index is 13.1. The number of nitrogens with one attached hydrogen (secondary N) is 1. The lowest BCUT2D eigenvalue weighted by Crippen LogP contribution is -2.18.